The fraction of sp³-hybridized carbons (Fsp3) is 0.583. The zero-order valence-electron chi connectivity index (χ0n) is 11.1. The van der Waals surface area contributed by atoms with Gasteiger partial charge < -0.3 is 15.3 Å². The minimum Gasteiger partial charge on any atom is -0.387 e. The molecule has 0 aromatic carbocycles. The Morgan fingerprint density at radius 3 is 2.37 bits per heavy atom. The van der Waals surface area contributed by atoms with E-state index in [2.05, 4.69) is 10.3 Å². The number of likely N-dealkylation sites (N-methyl/N-ethyl adjacent to an activating group) is 1. The Kier molecular flexibility index (Phi) is 4.75. The number of anilines is 1. The molecule has 1 atom stereocenters. The molecule has 0 aliphatic rings. The highest BCUT2D eigenvalue weighted by Crippen LogP contribution is 2.28. The quantitative estimate of drug-likeness (QED) is 0.862. The summed E-state index contributed by atoms with van der Waals surface area (Å²) in [7, 11) is 3.65. The Morgan fingerprint density at radius 1 is 1.32 bits per heavy atom. The number of alkyl halides is 3. The van der Waals surface area contributed by atoms with Crippen LogP contribution in [0.3, 0.4) is 0 Å². The molecule has 0 spiro atoms. The van der Waals surface area contributed by atoms with E-state index in [0.29, 0.717) is 12.4 Å². The summed E-state index contributed by atoms with van der Waals surface area (Å²) in [6, 6.07) is 2.20. The first-order valence-corrected chi connectivity index (χ1v) is 5.74. The molecule has 1 aromatic rings. The molecule has 1 unspecified atom stereocenters. The van der Waals surface area contributed by atoms with Gasteiger partial charge in [-0.05, 0) is 33.2 Å². The molecular formula is C12H18F3N3O. The smallest absolute Gasteiger partial charge is 0.387 e. The zero-order valence-corrected chi connectivity index (χ0v) is 11.1. The predicted octanol–water partition coefficient (Wildman–Crippen LogP) is 1.82. The highest BCUT2D eigenvalue weighted by atomic mass is 19.4. The summed E-state index contributed by atoms with van der Waals surface area (Å²) in [6.45, 7) is 2.27. The lowest BCUT2D eigenvalue weighted by molar-refractivity contribution is -0.137. The van der Waals surface area contributed by atoms with Gasteiger partial charge >= 0.3 is 6.18 Å². The van der Waals surface area contributed by atoms with Gasteiger partial charge in [0.1, 0.15) is 5.82 Å². The molecule has 1 aromatic heterocycles. The van der Waals surface area contributed by atoms with Crippen LogP contribution in [0.15, 0.2) is 18.3 Å². The van der Waals surface area contributed by atoms with E-state index in [0.717, 1.165) is 12.3 Å². The van der Waals surface area contributed by atoms with Gasteiger partial charge in [0.2, 0.25) is 0 Å². The van der Waals surface area contributed by atoms with E-state index >= 15 is 0 Å². The number of aliphatic hydroxyl groups is 1. The number of pyridine rings is 1. The summed E-state index contributed by atoms with van der Waals surface area (Å²) in [5, 5.41) is 12.8. The average molecular weight is 277 g/mol. The van der Waals surface area contributed by atoms with E-state index in [9.17, 15) is 18.3 Å². The van der Waals surface area contributed by atoms with Crippen molar-refractivity contribution in [2.45, 2.75) is 18.7 Å². The first-order chi connectivity index (χ1) is 8.60. The Bertz CT molecular complexity index is 402. The average Bonchev–Trinajstić information content (AvgIpc) is 2.24. The second kappa shape index (κ2) is 5.75. The molecular weight excluding hydrogens is 259 g/mol. The van der Waals surface area contributed by atoms with Gasteiger partial charge in [0.05, 0.1) is 11.2 Å². The third-order valence-electron chi connectivity index (χ3n) is 2.40. The van der Waals surface area contributed by atoms with Crippen LogP contribution in [-0.2, 0) is 6.18 Å². The van der Waals surface area contributed by atoms with Gasteiger partial charge in [0, 0.05) is 19.3 Å². The molecule has 0 saturated carbocycles. The van der Waals surface area contributed by atoms with Crippen LogP contribution < -0.4 is 5.32 Å². The highest BCUT2D eigenvalue weighted by molar-refractivity contribution is 5.36. The number of hydrogen-bond acceptors (Lipinski definition) is 4. The van der Waals surface area contributed by atoms with Crippen molar-refractivity contribution in [1.82, 2.24) is 9.88 Å². The minimum atomic E-state index is -4.39. The molecule has 0 saturated heterocycles. The molecule has 0 amide bonds. The lowest BCUT2D eigenvalue weighted by atomic mass is 10.1. The lowest BCUT2D eigenvalue weighted by Crippen LogP contribution is -2.43. The predicted molar refractivity (Wildman–Crippen MR) is 66.9 cm³/mol. The number of hydrogen-bond donors (Lipinski definition) is 2. The van der Waals surface area contributed by atoms with Crippen molar-refractivity contribution in [1.29, 1.82) is 0 Å². The maximum atomic E-state index is 12.3. The Balaban J connectivity index is 2.59. The number of halogens is 3. The highest BCUT2D eigenvalue weighted by Gasteiger charge is 2.30. The van der Waals surface area contributed by atoms with E-state index in [4.69, 9.17) is 0 Å². The topological polar surface area (TPSA) is 48.4 Å². The maximum absolute atomic E-state index is 12.3. The van der Waals surface area contributed by atoms with Crippen LogP contribution in [0.4, 0.5) is 19.0 Å². The molecule has 0 aliphatic heterocycles. The van der Waals surface area contributed by atoms with Gasteiger partial charge in [-0.25, -0.2) is 4.98 Å². The molecule has 0 aliphatic carbocycles. The number of nitrogens with zero attached hydrogens (tertiary/aromatic N) is 2. The maximum Gasteiger partial charge on any atom is 0.417 e. The minimum absolute atomic E-state index is 0.198. The molecule has 0 fully saturated rings. The second-order valence-corrected chi connectivity index (χ2v) is 5.02. The van der Waals surface area contributed by atoms with Gasteiger partial charge in [0.25, 0.3) is 0 Å². The van der Waals surface area contributed by atoms with E-state index in [1.807, 2.05) is 19.0 Å². The van der Waals surface area contributed by atoms with Gasteiger partial charge in [-0.1, -0.05) is 0 Å². The summed E-state index contributed by atoms with van der Waals surface area (Å²) in [4.78, 5) is 5.49. The summed E-state index contributed by atoms with van der Waals surface area (Å²) in [5.41, 5.74) is -1.79. The fourth-order valence-corrected chi connectivity index (χ4v) is 1.68. The fourth-order valence-electron chi connectivity index (χ4n) is 1.68. The van der Waals surface area contributed by atoms with Gasteiger partial charge in [-0.15, -0.1) is 0 Å². The van der Waals surface area contributed by atoms with Crippen LogP contribution in [0.1, 0.15) is 12.5 Å². The standard InChI is InChI=1S/C12H18F3N3O/c1-11(19,8-18(2)3)7-17-10-5-4-9(6-16-10)12(13,14)15/h4-6,19H,7-8H2,1-3H3,(H,16,17). The molecule has 2 N–H and O–H groups in total. The van der Waals surface area contributed by atoms with Crippen LogP contribution in [0, 0.1) is 0 Å². The van der Waals surface area contributed by atoms with Crippen LogP contribution >= 0.6 is 0 Å². The van der Waals surface area contributed by atoms with Crippen molar-refractivity contribution in [3.63, 3.8) is 0 Å². The normalized spacial score (nSPS) is 15.4. The number of nitrogens with one attached hydrogen (secondary N) is 1. The Morgan fingerprint density at radius 2 is 1.95 bits per heavy atom. The summed E-state index contributed by atoms with van der Waals surface area (Å²) >= 11 is 0. The summed E-state index contributed by atoms with van der Waals surface area (Å²) < 4.78 is 37.0. The van der Waals surface area contributed by atoms with Crippen molar-refractivity contribution in [2.75, 3.05) is 32.5 Å². The largest absolute Gasteiger partial charge is 0.417 e. The third kappa shape index (κ3) is 5.44. The summed E-state index contributed by atoms with van der Waals surface area (Å²) in [5.74, 6) is 0.298. The molecule has 0 radical (unpaired) electrons. The van der Waals surface area contributed by atoms with E-state index in [1.165, 1.54) is 6.07 Å². The van der Waals surface area contributed by atoms with Crippen molar-refractivity contribution >= 4 is 5.82 Å². The SMILES string of the molecule is CN(C)CC(C)(O)CNc1ccc(C(F)(F)F)cn1. The van der Waals surface area contributed by atoms with Crippen LogP contribution in [0.5, 0.6) is 0 Å². The number of aromatic nitrogens is 1. The zero-order chi connectivity index (χ0) is 14.7. The van der Waals surface area contributed by atoms with Crippen molar-refractivity contribution < 1.29 is 18.3 Å². The van der Waals surface area contributed by atoms with E-state index < -0.39 is 17.3 Å². The lowest BCUT2D eigenvalue weighted by Gasteiger charge is -2.27. The van der Waals surface area contributed by atoms with Crippen LogP contribution in [0.2, 0.25) is 0 Å². The van der Waals surface area contributed by atoms with Crippen LogP contribution in [0.25, 0.3) is 0 Å². The van der Waals surface area contributed by atoms with Crippen molar-refractivity contribution in [3.05, 3.63) is 23.9 Å². The Hall–Kier alpha value is -1.34. The number of rotatable bonds is 5. The van der Waals surface area contributed by atoms with Crippen molar-refractivity contribution in [2.24, 2.45) is 0 Å². The molecule has 1 heterocycles. The molecule has 108 valence electrons. The van der Waals surface area contributed by atoms with Crippen molar-refractivity contribution in [3.8, 4) is 0 Å². The van der Waals surface area contributed by atoms with Crippen LogP contribution in [-0.4, -0.2) is 47.8 Å². The van der Waals surface area contributed by atoms with Gasteiger partial charge in [-0.2, -0.15) is 13.2 Å². The molecule has 1 rings (SSSR count). The molecule has 7 heteroatoms. The summed E-state index contributed by atoms with van der Waals surface area (Å²) in [6.07, 6.45) is -3.62. The molecule has 19 heavy (non-hydrogen) atoms. The van der Waals surface area contributed by atoms with Gasteiger partial charge in [0.15, 0.2) is 0 Å². The first-order valence-electron chi connectivity index (χ1n) is 5.74. The van der Waals surface area contributed by atoms with Gasteiger partial charge in [-0.3, -0.25) is 0 Å². The first kappa shape index (κ1) is 15.7. The molecule has 0 bridgehead atoms. The third-order valence-corrected chi connectivity index (χ3v) is 2.40. The monoisotopic (exact) mass is 277 g/mol. The van der Waals surface area contributed by atoms with E-state index in [-0.39, 0.29) is 6.54 Å². The Labute approximate surface area is 110 Å². The molecule has 4 nitrogen and oxygen atoms in total. The second-order valence-electron chi connectivity index (χ2n) is 5.02. The van der Waals surface area contributed by atoms with E-state index in [1.54, 1.807) is 6.92 Å².